The van der Waals surface area contributed by atoms with Crippen LogP contribution in [0.5, 0.6) is 11.5 Å². The molecule has 8 heteroatoms. The summed E-state index contributed by atoms with van der Waals surface area (Å²) in [6, 6.07) is 12.0. The average molecular weight is 450 g/mol. The van der Waals surface area contributed by atoms with E-state index in [0.29, 0.717) is 22.7 Å². The van der Waals surface area contributed by atoms with Crippen LogP contribution in [-0.2, 0) is 14.4 Å². The van der Waals surface area contributed by atoms with Gasteiger partial charge in [-0.15, -0.1) is 0 Å². The Hall–Kier alpha value is -3.68. The minimum Gasteiger partial charge on any atom is -0.497 e. The third-order valence-corrected chi connectivity index (χ3v) is 6.10. The van der Waals surface area contributed by atoms with Gasteiger partial charge in [-0.2, -0.15) is 0 Å². The van der Waals surface area contributed by atoms with Gasteiger partial charge in [0.25, 0.3) is 11.8 Å². The Kier molecular flexibility index (Phi) is 6.44. The molecular weight excluding hydrogens is 424 g/mol. The van der Waals surface area contributed by atoms with Gasteiger partial charge in [-0.05, 0) is 61.4 Å². The molecular formula is C25H26N2O6. The lowest BCUT2D eigenvalue weighted by molar-refractivity contribution is -0.132. The number of esters is 1. The molecule has 0 aromatic heterocycles. The van der Waals surface area contributed by atoms with E-state index in [2.05, 4.69) is 0 Å². The van der Waals surface area contributed by atoms with Gasteiger partial charge >= 0.3 is 5.97 Å². The number of carbonyl (C=O) groups excluding carboxylic acids is 4. The molecule has 172 valence electrons. The largest absolute Gasteiger partial charge is 0.497 e. The Labute approximate surface area is 192 Å². The summed E-state index contributed by atoms with van der Waals surface area (Å²) in [5.74, 6) is -0.550. The third kappa shape index (κ3) is 4.60. The van der Waals surface area contributed by atoms with Crippen molar-refractivity contribution in [3.63, 3.8) is 0 Å². The predicted molar refractivity (Wildman–Crippen MR) is 120 cm³/mol. The van der Waals surface area contributed by atoms with Crippen LogP contribution in [0.3, 0.4) is 0 Å². The zero-order chi connectivity index (χ0) is 23.5. The number of nitrogens with zero attached hydrogens (tertiary/aromatic N) is 2. The number of hydrogen-bond acceptors (Lipinski definition) is 6. The molecule has 1 heterocycles. The molecule has 4 rings (SSSR count). The molecule has 2 fully saturated rings. The fourth-order valence-electron chi connectivity index (χ4n) is 4.56. The van der Waals surface area contributed by atoms with Crippen molar-refractivity contribution in [1.29, 1.82) is 0 Å². The van der Waals surface area contributed by atoms with E-state index < -0.39 is 17.9 Å². The lowest BCUT2D eigenvalue weighted by Crippen LogP contribution is -2.50. The molecule has 1 saturated heterocycles. The number of benzene rings is 2. The monoisotopic (exact) mass is 450 g/mol. The topological polar surface area (TPSA) is 93.2 Å². The summed E-state index contributed by atoms with van der Waals surface area (Å²) in [5, 5.41) is 0. The quantitative estimate of drug-likeness (QED) is 0.381. The van der Waals surface area contributed by atoms with Crippen molar-refractivity contribution in [3.8, 4) is 11.5 Å². The van der Waals surface area contributed by atoms with E-state index in [1.165, 1.54) is 19.1 Å². The standard InChI is InChI=1S/C25H26N2O6/c1-16(28)33-21-13-9-19(10-14-21)27-23(29)15-22(25(27)31)26(18-5-3-4-6-18)24(30)17-7-11-20(32-2)12-8-17/h7-14,18,22H,3-6,15H2,1-2H3. The van der Waals surface area contributed by atoms with E-state index >= 15 is 0 Å². The van der Waals surface area contributed by atoms with Gasteiger partial charge in [0.2, 0.25) is 5.91 Å². The van der Waals surface area contributed by atoms with Crippen molar-refractivity contribution >= 4 is 29.4 Å². The number of imide groups is 1. The summed E-state index contributed by atoms with van der Waals surface area (Å²) in [6.07, 6.45) is 3.50. The van der Waals surface area contributed by atoms with Crippen molar-refractivity contribution in [2.75, 3.05) is 12.0 Å². The van der Waals surface area contributed by atoms with Crippen molar-refractivity contribution < 1.29 is 28.7 Å². The number of methoxy groups -OCH3 is 1. The minimum absolute atomic E-state index is 0.0665. The molecule has 1 atom stereocenters. The summed E-state index contributed by atoms with van der Waals surface area (Å²) >= 11 is 0. The number of rotatable bonds is 6. The molecule has 0 N–H and O–H groups in total. The third-order valence-electron chi connectivity index (χ3n) is 6.10. The summed E-state index contributed by atoms with van der Waals surface area (Å²) < 4.78 is 10.2. The summed E-state index contributed by atoms with van der Waals surface area (Å²) in [7, 11) is 1.55. The van der Waals surface area contributed by atoms with Crippen LogP contribution in [0.15, 0.2) is 48.5 Å². The maximum absolute atomic E-state index is 13.5. The molecule has 1 unspecified atom stereocenters. The van der Waals surface area contributed by atoms with Gasteiger partial charge in [0.1, 0.15) is 17.5 Å². The maximum Gasteiger partial charge on any atom is 0.308 e. The highest BCUT2D eigenvalue weighted by Crippen LogP contribution is 2.33. The van der Waals surface area contributed by atoms with Crippen molar-refractivity contribution in [3.05, 3.63) is 54.1 Å². The first-order valence-electron chi connectivity index (χ1n) is 11.0. The van der Waals surface area contributed by atoms with Crippen LogP contribution in [0.1, 0.15) is 49.4 Å². The van der Waals surface area contributed by atoms with Gasteiger partial charge in [0.15, 0.2) is 0 Å². The van der Waals surface area contributed by atoms with E-state index in [9.17, 15) is 19.2 Å². The first kappa shape index (κ1) is 22.5. The lowest BCUT2D eigenvalue weighted by Gasteiger charge is -2.33. The van der Waals surface area contributed by atoms with Crippen molar-refractivity contribution in [2.24, 2.45) is 0 Å². The second-order valence-corrected chi connectivity index (χ2v) is 8.25. The number of hydrogen-bond donors (Lipinski definition) is 0. The Balaban J connectivity index is 1.61. The summed E-state index contributed by atoms with van der Waals surface area (Å²) in [6.45, 7) is 1.30. The Morgan fingerprint density at radius 1 is 0.939 bits per heavy atom. The predicted octanol–water partition coefficient (Wildman–Crippen LogP) is 3.34. The second-order valence-electron chi connectivity index (χ2n) is 8.25. The molecule has 1 saturated carbocycles. The maximum atomic E-state index is 13.5. The zero-order valence-electron chi connectivity index (χ0n) is 18.7. The fourth-order valence-corrected chi connectivity index (χ4v) is 4.56. The number of ether oxygens (including phenoxy) is 2. The van der Waals surface area contributed by atoms with E-state index in [0.717, 1.165) is 30.6 Å². The Morgan fingerprint density at radius 2 is 1.55 bits per heavy atom. The zero-order valence-corrected chi connectivity index (χ0v) is 18.7. The molecule has 8 nitrogen and oxygen atoms in total. The molecule has 3 amide bonds. The molecule has 0 spiro atoms. The fraction of sp³-hybridized carbons (Fsp3) is 0.360. The number of amides is 3. The van der Waals surface area contributed by atoms with Crippen molar-refractivity contribution in [1.82, 2.24) is 4.90 Å². The minimum atomic E-state index is -0.858. The van der Waals surface area contributed by atoms with Crippen LogP contribution in [0.4, 0.5) is 5.69 Å². The average Bonchev–Trinajstić information content (AvgIpc) is 3.43. The molecule has 33 heavy (non-hydrogen) atoms. The van der Waals surface area contributed by atoms with E-state index in [1.807, 2.05) is 0 Å². The van der Waals surface area contributed by atoms with Crippen LogP contribution < -0.4 is 14.4 Å². The highest BCUT2D eigenvalue weighted by atomic mass is 16.5. The van der Waals surface area contributed by atoms with Crippen LogP contribution in [0.2, 0.25) is 0 Å². The molecule has 1 aliphatic heterocycles. The molecule has 2 aromatic carbocycles. The van der Waals surface area contributed by atoms with Gasteiger partial charge in [-0.25, -0.2) is 4.90 Å². The van der Waals surface area contributed by atoms with E-state index in [-0.39, 0.29) is 24.3 Å². The van der Waals surface area contributed by atoms with Crippen molar-refractivity contribution in [2.45, 2.75) is 51.1 Å². The van der Waals surface area contributed by atoms with Gasteiger partial charge in [-0.1, -0.05) is 12.8 Å². The molecule has 2 aliphatic rings. The number of carbonyl (C=O) groups is 4. The van der Waals surface area contributed by atoms with Crippen LogP contribution >= 0.6 is 0 Å². The normalized spacial score (nSPS) is 18.5. The smallest absolute Gasteiger partial charge is 0.308 e. The highest BCUT2D eigenvalue weighted by Gasteiger charge is 2.47. The highest BCUT2D eigenvalue weighted by molar-refractivity contribution is 6.23. The Morgan fingerprint density at radius 3 is 2.12 bits per heavy atom. The van der Waals surface area contributed by atoms with Crippen LogP contribution in [0.25, 0.3) is 0 Å². The second kappa shape index (κ2) is 9.44. The SMILES string of the molecule is COc1ccc(C(=O)N(C2CCCC2)C2CC(=O)N(c3ccc(OC(C)=O)cc3)C2=O)cc1. The number of anilines is 1. The molecule has 0 radical (unpaired) electrons. The summed E-state index contributed by atoms with van der Waals surface area (Å²) in [4.78, 5) is 53.7. The molecule has 0 bridgehead atoms. The van der Waals surface area contributed by atoms with Gasteiger partial charge in [-0.3, -0.25) is 19.2 Å². The lowest BCUT2D eigenvalue weighted by atomic mass is 10.1. The van der Waals surface area contributed by atoms with Gasteiger partial charge < -0.3 is 14.4 Å². The van der Waals surface area contributed by atoms with Gasteiger partial charge in [0, 0.05) is 18.5 Å². The molecule has 1 aliphatic carbocycles. The first-order chi connectivity index (χ1) is 15.9. The first-order valence-corrected chi connectivity index (χ1v) is 11.0. The van der Waals surface area contributed by atoms with E-state index in [1.54, 1.807) is 48.4 Å². The summed E-state index contributed by atoms with van der Waals surface area (Å²) in [5.41, 5.74) is 0.832. The van der Waals surface area contributed by atoms with Crippen LogP contribution in [-0.4, -0.2) is 47.8 Å². The molecule has 2 aromatic rings. The van der Waals surface area contributed by atoms with E-state index in [4.69, 9.17) is 9.47 Å². The Bertz CT molecular complexity index is 1060. The van der Waals surface area contributed by atoms with Gasteiger partial charge in [0.05, 0.1) is 19.2 Å². The van der Waals surface area contributed by atoms with Crippen LogP contribution in [0, 0.1) is 0 Å².